The first-order chi connectivity index (χ1) is 16.1. The van der Waals surface area contributed by atoms with Crippen molar-refractivity contribution in [3.8, 4) is 5.75 Å². The maximum Gasteiger partial charge on any atom is 0.243 e. The lowest BCUT2D eigenvalue weighted by molar-refractivity contribution is -0.141. The summed E-state index contributed by atoms with van der Waals surface area (Å²) in [5.74, 6) is -0.0769. The molecule has 186 valence electrons. The van der Waals surface area contributed by atoms with Gasteiger partial charge in [-0.1, -0.05) is 37.6 Å². The molecule has 34 heavy (non-hydrogen) atoms. The molecule has 0 saturated carbocycles. The molecule has 0 fully saturated rings. The number of nitrogens with one attached hydrogen (secondary N) is 1. The molecule has 0 unspecified atom stereocenters. The Hall–Kier alpha value is -2.62. The van der Waals surface area contributed by atoms with Crippen molar-refractivity contribution in [3.63, 3.8) is 0 Å². The Morgan fingerprint density at radius 2 is 1.68 bits per heavy atom. The Morgan fingerprint density at radius 3 is 2.21 bits per heavy atom. The molecular weight excluding hydrogens is 478 g/mol. The monoisotopic (exact) mass is 509 g/mol. The van der Waals surface area contributed by atoms with Crippen LogP contribution in [-0.2, 0) is 26.2 Å². The third-order valence-corrected chi connectivity index (χ3v) is 7.40. The van der Waals surface area contributed by atoms with Crippen LogP contribution in [0.4, 0.5) is 0 Å². The van der Waals surface area contributed by atoms with Gasteiger partial charge in [-0.05, 0) is 54.8 Å². The molecule has 0 aromatic heterocycles. The number of methoxy groups -OCH3 is 1. The van der Waals surface area contributed by atoms with Gasteiger partial charge in [0.15, 0.2) is 0 Å². The van der Waals surface area contributed by atoms with Gasteiger partial charge in [0.25, 0.3) is 0 Å². The summed E-state index contributed by atoms with van der Waals surface area (Å²) in [4.78, 5) is 27.7. The van der Waals surface area contributed by atoms with Crippen molar-refractivity contribution in [1.82, 2.24) is 14.5 Å². The van der Waals surface area contributed by atoms with Crippen molar-refractivity contribution in [2.45, 2.75) is 44.2 Å². The van der Waals surface area contributed by atoms with Crippen LogP contribution >= 0.6 is 11.6 Å². The molecular formula is C24H32ClN3O5S. The number of carbonyl (C=O) groups excluding carboxylic acids is 2. The molecule has 2 aromatic rings. The highest BCUT2D eigenvalue weighted by Crippen LogP contribution is 2.20. The Kier molecular flexibility index (Phi) is 10.3. The smallest absolute Gasteiger partial charge is 0.243 e. The van der Waals surface area contributed by atoms with Crippen LogP contribution in [0.2, 0.25) is 5.02 Å². The average molecular weight is 510 g/mol. The summed E-state index contributed by atoms with van der Waals surface area (Å²) in [5.41, 5.74) is 0.791. The summed E-state index contributed by atoms with van der Waals surface area (Å²) in [6.45, 7) is 3.98. The minimum absolute atomic E-state index is 0.0293. The van der Waals surface area contributed by atoms with Crippen LogP contribution in [0.15, 0.2) is 53.4 Å². The van der Waals surface area contributed by atoms with Gasteiger partial charge in [0.05, 0.1) is 18.6 Å². The molecule has 2 aromatic carbocycles. The van der Waals surface area contributed by atoms with Gasteiger partial charge in [0, 0.05) is 25.2 Å². The van der Waals surface area contributed by atoms with Gasteiger partial charge in [0.2, 0.25) is 21.8 Å². The van der Waals surface area contributed by atoms with Gasteiger partial charge in [-0.3, -0.25) is 9.59 Å². The van der Waals surface area contributed by atoms with Gasteiger partial charge in [0.1, 0.15) is 11.8 Å². The zero-order chi connectivity index (χ0) is 25.3. The lowest BCUT2D eigenvalue weighted by atomic mass is 10.1. The molecule has 2 amide bonds. The first-order valence-electron chi connectivity index (χ1n) is 11.1. The Balaban J connectivity index is 2.30. The molecule has 0 bridgehead atoms. The molecule has 0 heterocycles. The maximum absolute atomic E-state index is 13.4. The number of halogens is 1. The first-order valence-corrected chi connectivity index (χ1v) is 12.9. The number of sulfonamides is 1. The van der Waals surface area contributed by atoms with E-state index in [-0.39, 0.29) is 17.3 Å². The second-order valence-electron chi connectivity index (χ2n) is 7.80. The van der Waals surface area contributed by atoms with E-state index in [2.05, 4.69) is 5.32 Å². The fourth-order valence-electron chi connectivity index (χ4n) is 3.37. The predicted octanol–water partition coefficient (Wildman–Crippen LogP) is 3.30. The molecule has 0 radical (unpaired) electrons. The second-order valence-corrected chi connectivity index (χ2v) is 10.3. The number of rotatable bonds is 12. The van der Waals surface area contributed by atoms with E-state index in [0.717, 1.165) is 16.3 Å². The summed E-state index contributed by atoms with van der Waals surface area (Å²) in [6.07, 6.45) is 1.14. The molecule has 10 heteroatoms. The molecule has 0 saturated heterocycles. The molecule has 1 N–H and O–H groups in total. The van der Waals surface area contributed by atoms with Gasteiger partial charge in [-0.25, -0.2) is 8.42 Å². The Bertz CT molecular complexity index is 1060. The fraction of sp³-hybridized carbons (Fsp3) is 0.417. The lowest BCUT2D eigenvalue weighted by Gasteiger charge is -2.32. The van der Waals surface area contributed by atoms with E-state index in [1.165, 1.54) is 36.2 Å². The highest BCUT2D eigenvalue weighted by molar-refractivity contribution is 7.89. The molecule has 2 rings (SSSR count). The molecule has 0 aliphatic rings. The second kappa shape index (κ2) is 12.7. The zero-order valence-corrected chi connectivity index (χ0v) is 21.5. The molecule has 0 aliphatic heterocycles. The normalized spacial score (nSPS) is 12.3. The molecule has 0 aliphatic carbocycles. The molecule has 1 atom stereocenters. The standard InChI is InChI=1S/C24H32ClN3O5S/c1-5-15-26-24(30)22(6-2)28(16-18-7-11-20(33-4)12-8-18)23(29)17-27(3)34(31,32)21-13-9-19(25)10-14-21/h7-14,22H,5-6,15-17H2,1-4H3,(H,26,30)/t22-/m1/s1. The van der Waals surface area contributed by atoms with Crippen molar-refractivity contribution in [3.05, 3.63) is 59.1 Å². The van der Waals surface area contributed by atoms with Gasteiger partial charge < -0.3 is 15.0 Å². The number of likely N-dealkylation sites (N-methyl/N-ethyl adjacent to an activating group) is 1. The highest BCUT2D eigenvalue weighted by atomic mass is 35.5. The van der Waals surface area contributed by atoms with Gasteiger partial charge in [-0.15, -0.1) is 0 Å². The van der Waals surface area contributed by atoms with Crippen molar-refractivity contribution in [2.75, 3.05) is 27.2 Å². The number of ether oxygens (including phenoxy) is 1. The number of amides is 2. The van der Waals surface area contributed by atoms with Gasteiger partial charge >= 0.3 is 0 Å². The van der Waals surface area contributed by atoms with E-state index in [9.17, 15) is 18.0 Å². The number of carbonyl (C=O) groups is 2. The van der Waals surface area contributed by atoms with Crippen LogP contribution in [0, 0.1) is 0 Å². The number of hydrogen-bond acceptors (Lipinski definition) is 5. The van der Waals surface area contributed by atoms with Crippen LogP contribution in [0.25, 0.3) is 0 Å². The zero-order valence-electron chi connectivity index (χ0n) is 20.0. The third kappa shape index (κ3) is 7.19. The molecule has 0 spiro atoms. The number of benzene rings is 2. The predicted molar refractivity (Wildman–Crippen MR) is 132 cm³/mol. The third-order valence-electron chi connectivity index (χ3n) is 5.33. The van der Waals surface area contributed by atoms with Crippen LogP contribution in [0.5, 0.6) is 5.75 Å². The fourth-order valence-corrected chi connectivity index (χ4v) is 4.61. The summed E-state index contributed by atoms with van der Waals surface area (Å²) >= 11 is 5.86. The topological polar surface area (TPSA) is 96.0 Å². The minimum Gasteiger partial charge on any atom is -0.497 e. The van der Waals surface area contributed by atoms with E-state index in [1.807, 2.05) is 26.0 Å². The minimum atomic E-state index is -3.92. The summed E-state index contributed by atoms with van der Waals surface area (Å²) in [7, 11) is -1.02. The largest absolute Gasteiger partial charge is 0.497 e. The number of nitrogens with zero attached hydrogens (tertiary/aromatic N) is 2. The van der Waals surface area contributed by atoms with Crippen molar-refractivity contribution in [2.24, 2.45) is 0 Å². The number of hydrogen-bond donors (Lipinski definition) is 1. The van der Waals surface area contributed by atoms with Crippen LogP contribution < -0.4 is 10.1 Å². The summed E-state index contributed by atoms with van der Waals surface area (Å²) in [5, 5.41) is 3.25. The van der Waals surface area contributed by atoms with Crippen molar-refractivity contribution in [1.29, 1.82) is 0 Å². The quantitative estimate of drug-likeness (QED) is 0.473. The average Bonchev–Trinajstić information content (AvgIpc) is 2.83. The summed E-state index contributed by atoms with van der Waals surface area (Å²) < 4.78 is 32.1. The Morgan fingerprint density at radius 1 is 1.06 bits per heavy atom. The van der Waals surface area contributed by atoms with Crippen molar-refractivity contribution < 1.29 is 22.7 Å². The molecule has 8 nitrogen and oxygen atoms in total. The SMILES string of the molecule is CCCNC(=O)[C@@H](CC)N(Cc1ccc(OC)cc1)C(=O)CN(C)S(=O)(=O)c1ccc(Cl)cc1. The first kappa shape index (κ1) is 27.6. The highest BCUT2D eigenvalue weighted by Gasteiger charge is 2.31. The van der Waals surface area contributed by atoms with E-state index in [4.69, 9.17) is 16.3 Å². The maximum atomic E-state index is 13.4. The lowest BCUT2D eigenvalue weighted by Crippen LogP contribution is -2.51. The Labute approximate surface area is 206 Å². The van der Waals surface area contributed by atoms with Gasteiger partial charge in [-0.2, -0.15) is 4.31 Å². The van der Waals surface area contributed by atoms with Crippen molar-refractivity contribution >= 4 is 33.4 Å². The van der Waals surface area contributed by atoms with E-state index in [0.29, 0.717) is 23.7 Å². The van der Waals surface area contributed by atoms with Crippen LogP contribution in [0.1, 0.15) is 32.3 Å². The van der Waals surface area contributed by atoms with E-state index < -0.39 is 28.5 Å². The summed E-state index contributed by atoms with van der Waals surface area (Å²) in [6, 6.07) is 12.2. The van der Waals surface area contributed by atoms with E-state index >= 15 is 0 Å². The van der Waals surface area contributed by atoms with Crippen LogP contribution in [-0.4, -0.2) is 62.7 Å². The van der Waals surface area contributed by atoms with E-state index in [1.54, 1.807) is 19.2 Å². The van der Waals surface area contributed by atoms with Crippen LogP contribution in [0.3, 0.4) is 0 Å².